The van der Waals surface area contributed by atoms with Crippen LogP contribution in [0.15, 0.2) is 60.2 Å². The number of hydrazone groups is 1. The van der Waals surface area contributed by atoms with E-state index >= 15 is 0 Å². The second-order valence-corrected chi connectivity index (χ2v) is 5.86. The zero-order valence-electron chi connectivity index (χ0n) is 13.5. The summed E-state index contributed by atoms with van der Waals surface area (Å²) in [5.74, 6) is -1.20. The predicted octanol–water partition coefficient (Wildman–Crippen LogP) is 3.65. The standard InChI is InChI=1S/C18H15Cl2N3O3/c1-2-6-26-16-5-3-4-12(7-16)11-21-23-18(25)17(24)22-15-9-13(19)8-14(20)10-15/h2-5,7-11H,1,6H2,(H,22,24)(H,23,25)/b21-11-. The molecule has 2 N–H and O–H groups in total. The number of halogens is 2. The molecule has 2 aromatic carbocycles. The van der Waals surface area contributed by atoms with Crippen molar-refractivity contribution in [3.63, 3.8) is 0 Å². The van der Waals surface area contributed by atoms with E-state index < -0.39 is 11.8 Å². The maximum atomic E-state index is 11.8. The number of carbonyl (C=O) groups is 2. The molecule has 2 amide bonds. The topological polar surface area (TPSA) is 79.8 Å². The van der Waals surface area contributed by atoms with Crippen molar-refractivity contribution in [3.05, 3.63) is 70.7 Å². The van der Waals surface area contributed by atoms with Gasteiger partial charge in [-0.15, -0.1) is 0 Å². The Hall–Kier alpha value is -2.83. The molecule has 0 aliphatic carbocycles. The summed E-state index contributed by atoms with van der Waals surface area (Å²) in [6.07, 6.45) is 3.02. The normalized spacial score (nSPS) is 10.4. The summed E-state index contributed by atoms with van der Waals surface area (Å²) in [6, 6.07) is 11.5. The fourth-order valence-corrected chi connectivity index (χ4v) is 2.40. The number of nitrogens with one attached hydrogen (secondary N) is 2. The summed E-state index contributed by atoms with van der Waals surface area (Å²) in [7, 11) is 0. The Balaban J connectivity index is 1.91. The van der Waals surface area contributed by atoms with Crippen molar-refractivity contribution in [2.75, 3.05) is 11.9 Å². The maximum Gasteiger partial charge on any atom is 0.329 e. The minimum Gasteiger partial charge on any atom is -0.490 e. The van der Waals surface area contributed by atoms with Gasteiger partial charge in [0.1, 0.15) is 12.4 Å². The smallest absolute Gasteiger partial charge is 0.329 e. The van der Waals surface area contributed by atoms with Crippen molar-refractivity contribution in [1.82, 2.24) is 5.43 Å². The quantitative estimate of drug-likeness (QED) is 0.341. The highest BCUT2D eigenvalue weighted by Crippen LogP contribution is 2.22. The molecular formula is C18H15Cl2N3O3. The van der Waals surface area contributed by atoms with Crippen LogP contribution in [-0.2, 0) is 9.59 Å². The van der Waals surface area contributed by atoms with Crippen LogP contribution in [0.5, 0.6) is 5.75 Å². The zero-order chi connectivity index (χ0) is 18.9. The van der Waals surface area contributed by atoms with E-state index in [0.717, 1.165) is 0 Å². The summed E-state index contributed by atoms with van der Waals surface area (Å²) < 4.78 is 5.39. The van der Waals surface area contributed by atoms with Crippen molar-refractivity contribution in [2.24, 2.45) is 5.10 Å². The molecule has 0 fully saturated rings. The van der Waals surface area contributed by atoms with E-state index in [4.69, 9.17) is 27.9 Å². The lowest BCUT2D eigenvalue weighted by molar-refractivity contribution is -0.136. The van der Waals surface area contributed by atoms with Gasteiger partial charge in [-0.1, -0.05) is 48.0 Å². The van der Waals surface area contributed by atoms with Crippen molar-refractivity contribution in [1.29, 1.82) is 0 Å². The number of anilines is 1. The average molecular weight is 392 g/mol. The molecule has 0 unspecified atom stereocenters. The van der Waals surface area contributed by atoms with Crippen molar-refractivity contribution in [2.45, 2.75) is 0 Å². The number of amides is 2. The highest BCUT2D eigenvalue weighted by Gasteiger charge is 2.13. The van der Waals surface area contributed by atoms with Gasteiger partial charge in [0, 0.05) is 15.7 Å². The van der Waals surface area contributed by atoms with Crippen LogP contribution in [0, 0.1) is 0 Å². The number of rotatable bonds is 6. The van der Waals surface area contributed by atoms with E-state index in [9.17, 15) is 9.59 Å². The summed E-state index contributed by atoms with van der Waals surface area (Å²) in [5, 5.41) is 6.80. The van der Waals surface area contributed by atoms with Crippen LogP contribution in [0.4, 0.5) is 5.69 Å². The molecule has 8 heteroatoms. The van der Waals surface area contributed by atoms with Crippen molar-refractivity contribution in [3.8, 4) is 5.75 Å². The van der Waals surface area contributed by atoms with Crippen LogP contribution in [0.3, 0.4) is 0 Å². The maximum absolute atomic E-state index is 11.8. The van der Waals surface area contributed by atoms with E-state index in [1.54, 1.807) is 30.3 Å². The first-order chi connectivity index (χ1) is 12.5. The molecule has 6 nitrogen and oxygen atoms in total. The second kappa shape index (κ2) is 9.60. The highest BCUT2D eigenvalue weighted by atomic mass is 35.5. The third kappa shape index (κ3) is 6.23. The highest BCUT2D eigenvalue weighted by molar-refractivity contribution is 6.40. The lowest BCUT2D eigenvalue weighted by Gasteiger charge is -2.05. The molecule has 0 atom stereocenters. The summed E-state index contributed by atoms with van der Waals surface area (Å²) in [5.41, 5.74) is 3.13. The Bertz CT molecular complexity index is 833. The van der Waals surface area contributed by atoms with Crippen LogP contribution in [0.1, 0.15) is 5.56 Å². The van der Waals surface area contributed by atoms with Gasteiger partial charge in [0.05, 0.1) is 6.21 Å². The zero-order valence-corrected chi connectivity index (χ0v) is 15.1. The van der Waals surface area contributed by atoms with Gasteiger partial charge in [-0.2, -0.15) is 5.10 Å². The first kappa shape index (κ1) is 19.5. The minimum absolute atomic E-state index is 0.304. The molecule has 2 aromatic rings. The van der Waals surface area contributed by atoms with Gasteiger partial charge in [0.2, 0.25) is 0 Å². The van der Waals surface area contributed by atoms with Gasteiger partial charge in [-0.25, -0.2) is 5.43 Å². The number of ether oxygens (including phenoxy) is 1. The third-order valence-corrected chi connectivity index (χ3v) is 3.37. The monoisotopic (exact) mass is 391 g/mol. The van der Waals surface area contributed by atoms with Crippen LogP contribution in [-0.4, -0.2) is 24.6 Å². The van der Waals surface area contributed by atoms with E-state index in [2.05, 4.69) is 22.4 Å². The summed E-state index contributed by atoms with van der Waals surface area (Å²) in [6.45, 7) is 3.95. The van der Waals surface area contributed by atoms with Crippen LogP contribution in [0.2, 0.25) is 10.0 Å². The SMILES string of the molecule is C=CCOc1cccc(/C=N\NC(=O)C(=O)Nc2cc(Cl)cc(Cl)c2)c1. The molecule has 0 aliphatic heterocycles. The van der Waals surface area contributed by atoms with Crippen LogP contribution in [0.25, 0.3) is 0 Å². The first-order valence-electron chi connectivity index (χ1n) is 7.42. The molecule has 0 aromatic heterocycles. The van der Waals surface area contributed by atoms with E-state index in [0.29, 0.717) is 33.7 Å². The molecule has 2 rings (SSSR count). The van der Waals surface area contributed by atoms with Gasteiger partial charge in [0.15, 0.2) is 0 Å². The first-order valence-corrected chi connectivity index (χ1v) is 8.18. The summed E-state index contributed by atoms with van der Waals surface area (Å²) in [4.78, 5) is 23.6. The average Bonchev–Trinajstić information content (AvgIpc) is 2.59. The molecule has 0 bridgehead atoms. The Morgan fingerprint density at radius 2 is 1.85 bits per heavy atom. The minimum atomic E-state index is -0.934. The fraction of sp³-hybridized carbons (Fsp3) is 0.0556. The predicted molar refractivity (Wildman–Crippen MR) is 103 cm³/mol. The molecule has 134 valence electrons. The molecule has 0 aliphatic rings. The van der Waals surface area contributed by atoms with E-state index in [1.165, 1.54) is 24.4 Å². The number of benzene rings is 2. The van der Waals surface area contributed by atoms with Crippen LogP contribution >= 0.6 is 23.2 Å². The van der Waals surface area contributed by atoms with E-state index in [1.807, 2.05) is 0 Å². The van der Waals surface area contributed by atoms with Gasteiger partial charge < -0.3 is 10.1 Å². The Morgan fingerprint density at radius 1 is 1.12 bits per heavy atom. The Kier molecular flexibility index (Phi) is 7.20. The van der Waals surface area contributed by atoms with Crippen molar-refractivity contribution < 1.29 is 14.3 Å². The molecule has 0 radical (unpaired) electrons. The lowest BCUT2D eigenvalue weighted by Crippen LogP contribution is -2.32. The number of nitrogens with zero attached hydrogens (tertiary/aromatic N) is 1. The Labute approximate surface area is 160 Å². The molecule has 0 saturated carbocycles. The number of hydrogen-bond acceptors (Lipinski definition) is 4. The number of carbonyl (C=O) groups excluding carboxylic acids is 2. The van der Waals surface area contributed by atoms with Gasteiger partial charge in [0.25, 0.3) is 0 Å². The lowest BCUT2D eigenvalue weighted by atomic mass is 10.2. The second-order valence-electron chi connectivity index (χ2n) is 4.98. The molecule has 0 spiro atoms. The summed E-state index contributed by atoms with van der Waals surface area (Å²) >= 11 is 11.7. The van der Waals surface area contributed by atoms with Crippen molar-refractivity contribution >= 4 is 46.9 Å². The molecule has 26 heavy (non-hydrogen) atoms. The fourth-order valence-electron chi connectivity index (χ4n) is 1.87. The van der Waals surface area contributed by atoms with Gasteiger partial charge >= 0.3 is 11.8 Å². The molecule has 0 saturated heterocycles. The van der Waals surface area contributed by atoms with Gasteiger partial charge in [-0.05, 0) is 35.9 Å². The third-order valence-electron chi connectivity index (χ3n) is 2.93. The molecular weight excluding hydrogens is 377 g/mol. The number of hydrogen-bond donors (Lipinski definition) is 2. The van der Waals surface area contributed by atoms with Gasteiger partial charge in [-0.3, -0.25) is 9.59 Å². The van der Waals surface area contributed by atoms with Crippen LogP contribution < -0.4 is 15.5 Å². The van der Waals surface area contributed by atoms with E-state index in [-0.39, 0.29) is 0 Å². The largest absolute Gasteiger partial charge is 0.490 e. The Morgan fingerprint density at radius 3 is 2.54 bits per heavy atom. The molecule has 0 heterocycles.